The lowest BCUT2D eigenvalue weighted by atomic mass is 10.1. The number of hydrogen-bond donors (Lipinski definition) is 1. The summed E-state index contributed by atoms with van der Waals surface area (Å²) in [5, 5.41) is 5.21. The molecule has 0 bridgehead atoms. The van der Waals surface area contributed by atoms with Crippen molar-refractivity contribution < 1.29 is 13.5 Å². The molecule has 1 N–H and O–H groups in total. The topological polar surface area (TPSA) is 21.3 Å². The van der Waals surface area contributed by atoms with Crippen molar-refractivity contribution in [3.63, 3.8) is 0 Å². The molecule has 1 aromatic heterocycles. The summed E-state index contributed by atoms with van der Waals surface area (Å²) in [5.41, 5.74) is 0.993. The Morgan fingerprint density at radius 2 is 1.89 bits per heavy atom. The van der Waals surface area contributed by atoms with Gasteiger partial charge in [-0.05, 0) is 52.1 Å². The summed E-state index contributed by atoms with van der Waals surface area (Å²) in [6.07, 6.45) is 0. The zero-order chi connectivity index (χ0) is 13.8. The molecule has 0 radical (unpaired) electrons. The van der Waals surface area contributed by atoms with E-state index in [1.807, 2.05) is 18.5 Å². The number of thiophene rings is 1. The van der Waals surface area contributed by atoms with E-state index in [-0.39, 0.29) is 11.8 Å². The highest BCUT2D eigenvalue weighted by molar-refractivity contribution is 9.10. The Labute approximate surface area is 122 Å². The second-order valence-electron chi connectivity index (χ2n) is 3.80. The number of nitrogens with one attached hydrogen (secondary N) is 1. The van der Waals surface area contributed by atoms with Gasteiger partial charge in [0.2, 0.25) is 0 Å². The predicted octanol–water partition coefficient (Wildman–Crippen LogP) is 4.42. The summed E-state index contributed by atoms with van der Waals surface area (Å²) in [5.74, 6) is 0.166. The van der Waals surface area contributed by atoms with Gasteiger partial charge in [-0.1, -0.05) is 12.1 Å². The number of alkyl halides is 2. The Morgan fingerprint density at radius 3 is 2.37 bits per heavy atom. The molecule has 0 amide bonds. The number of ether oxygens (including phenoxy) is 1. The van der Waals surface area contributed by atoms with Gasteiger partial charge in [0.1, 0.15) is 5.75 Å². The monoisotopic (exact) mass is 347 g/mol. The van der Waals surface area contributed by atoms with Crippen LogP contribution in [0.4, 0.5) is 8.78 Å². The van der Waals surface area contributed by atoms with E-state index in [1.165, 1.54) is 0 Å². The van der Waals surface area contributed by atoms with Gasteiger partial charge in [-0.15, -0.1) is 11.3 Å². The van der Waals surface area contributed by atoms with Crippen molar-refractivity contribution in [1.82, 2.24) is 5.32 Å². The van der Waals surface area contributed by atoms with Crippen molar-refractivity contribution in [2.75, 3.05) is 7.05 Å². The first-order valence-corrected chi connectivity index (χ1v) is 7.24. The van der Waals surface area contributed by atoms with Crippen LogP contribution in [0.1, 0.15) is 16.5 Å². The molecule has 2 nitrogen and oxygen atoms in total. The lowest BCUT2D eigenvalue weighted by Gasteiger charge is -2.16. The van der Waals surface area contributed by atoms with Crippen LogP contribution < -0.4 is 10.1 Å². The lowest BCUT2D eigenvalue weighted by molar-refractivity contribution is -0.0498. The molecule has 6 heteroatoms. The Morgan fingerprint density at radius 1 is 1.21 bits per heavy atom. The zero-order valence-corrected chi connectivity index (χ0v) is 12.5. The minimum Gasteiger partial charge on any atom is -0.435 e. The average molecular weight is 348 g/mol. The standard InChI is InChI=1S/C13H12BrF2NOS/c1-17-11(12-10(14)6-7-19-12)8-2-4-9(5-3-8)18-13(15)16/h2-7,11,13,17H,1H3. The van der Waals surface area contributed by atoms with Gasteiger partial charge in [-0.2, -0.15) is 8.78 Å². The summed E-state index contributed by atoms with van der Waals surface area (Å²) in [6, 6.07) is 8.67. The summed E-state index contributed by atoms with van der Waals surface area (Å²) in [6.45, 7) is -2.79. The second kappa shape index (κ2) is 6.45. The first-order valence-electron chi connectivity index (χ1n) is 5.56. The molecule has 2 aromatic rings. The molecule has 0 aliphatic heterocycles. The minimum atomic E-state index is -2.79. The van der Waals surface area contributed by atoms with Crippen molar-refractivity contribution >= 4 is 27.3 Å². The van der Waals surface area contributed by atoms with Crippen molar-refractivity contribution in [1.29, 1.82) is 0 Å². The van der Waals surface area contributed by atoms with Crippen molar-refractivity contribution in [3.05, 3.63) is 50.6 Å². The maximum absolute atomic E-state index is 12.1. The molecule has 0 aliphatic rings. The van der Waals surface area contributed by atoms with Gasteiger partial charge in [0, 0.05) is 9.35 Å². The van der Waals surface area contributed by atoms with Crippen LogP contribution >= 0.6 is 27.3 Å². The quantitative estimate of drug-likeness (QED) is 0.864. The van der Waals surface area contributed by atoms with Gasteiger partial charge in [-0.25, -0.2) is 0 Å². The zero-order valence-electron chi connectivity index (χ0n) is 10.1. The normalized spacial score (nSPS) is 12.7. The molecular formula is C13H12BrF2NOS. The van der Waals surface area contributed by atoms with Crippen LogP contribution in [0.2, 0.25) is 0 Å². The Balaban J connectivity index is 2.22. The highest BCUT2D eigenvalue weighted by atomic mass is 79.9. The van der Waals surface area contributed by atoms with Crippen LogP contribution in [0.3, 0.4) is 0 Å². The third-order valence-electron chi connectivity index (χ3n) is 2.63. The maximum atomic E-state index is 12.1. The van der Waals surface area contributed by atoms with E-state index in [1.54, 1.807) is 35.6 Å². The molecule has 2 rings (SSSR count). The van der Waals surface area contributed by atoms with E-state index in [9.17, 15) is 8.78 Å². The predicted molar refractivity (Wildman–Crippen MR) is 76.0 cm³/mol. The fourth-order valence-electron chi connectivity index (χ4n) is 1.80. The number of hydrogen-bond acceptors (Lipinski definition) is 3. The SMILES string of the molecule is CNC(c1ccc(OC(F)F)cc1)c1sccc1Br. The van der Waals surface area contributed by atoms with Crippen LogP contribution in [0.25, 0.3) is 0 Å². The molecule has 1 atom stereocenters. The van der Waals surface area contributed by atoms with Crippen LogP contribution in [-0.2, 0) is 0 Å². The number of rotatable bonds is 5. The first kappa shape index (κ1) is 14.4. The van der Waals surface area contributed by atoms with Crippen molar-refractivity contribution in [2.24, 2.45) is 0 Å². The molecule has 1 heterocycles. The Hall–Kier alpha value is -0.980. The van der Waals surface area contributed by atoms with Crippen LogP contribution in [0.15, 0.2) is 40.2 Å². The van der Waals surface area contributed by atoms with Gasteiger partial charge in [-0.3, -0.25) is 0 Å². The summed E-state index contributed by atoms with van der Waals surface area (Å²) in [7, 11) is 1.86. The van der Waals surface area contributed by atoms with Crippen LogP contribution in [-0.4, -0.2) is 13.7 Å². The van der Waals surface area contributed by atoms with E-state index in [0.717, 1.165) is 14.9 Å². The molecule has 0 aliphatic carbocycles. The molecule has 0 spiro atoms. The van der Waals surface area contributed by atoms with Gasteiger partial charge in [0.05, 0.1) is 6.04 Å². The first-order chi connectivity index (χ1) is 9.11. The van der Waals surface area contributed by atoms with Crippen molar-refractivity contribution in [3.8, 4) is 5.75 Å². The molecule has 102 valence electrons. The van der Waals surface area contributed by atoms with Crippen molar-refractivity contribution in [2.45, 2.75) is 12.7 Å². The lowest BCUT2D eigenvalue weighted by Crippen LogP contribution is -2.16. The van der Waals surface area contributed by atoms with E-state index in [4.69, 9.17) is 0 Å². The highest BCUT2D eigenvalue weighted by Crippen LogP contribution is 2.33. The molecule has 1 unspecified atom stereocenters. The summed E-state index contributed by atoms with van der Waals surface area (Å²) in [4.78, 5) is 1.14. The molecular weight excluding hydrogens is 336 g/mol. The Bertz CT molecular complexity index is 530. The number of benzene rings is 1. The van der Waals surface area contributed by atoms with Gasteiger partial charge in [0.25, 0.3) is 0 Å². The molecule has 0 saturated carbocycles. The fourth-order valence-corrected chi connectivity index (χ4v) is 3.54. The fraction of sp³-hybridized carbons (Fsp3) is 0.231. The minimum absolute atomic E-state index is 0.0231. The third-order valence-corrected chi connectivity index (χ3v) is 4.57. The molecule has 1 aromatic carbocycles. The average Bonchev–Trinajstić information content (AvgIpc) is 2.78. The summed E-state index contributed by atoms with van der Waals surface area (Å²) < 4.78 is 29.5. The summed E-state index contributed by atoms with van der Waals surface area (Å²) >= 11 is 5.13. The molecule has 19 heavy (non-hydrogen) atoms. The van der Waals surface area contributed by atoms with E-state index < -0.39 is 6.61 Å². The van der Waals surface area contributed by atoms with E-state index in [2.05, 4.69) is 26.0 Å². The highest BCUT2D eigenvalue weighted by Gasteiger charge is 2.16. The van der Waals surface area contributed by atoms with Gasteiger partial charge in [0.15, 0.2) is 0 Å². The smallest absolute Gasteiger partial charge is 0.387 e. The molecule has 0 saturated heterocycles. The van der Waals surface area contributed by atoms with Gasteiger partial charge >= 0.3 is 6.61 Å². The Kier molecular flexibility index (Phi) is 4.90. The molecule has 0 fully saturated rings. The van der Waals surface area contributed by atoms with Crippen LogP contribution in [0.5, 0.6) is 5.75 Å². The second-order valence-corrected chi connectivity index (χ2v) is 5.60. The largest absolute Gasteiger partial charge is 0.435 e. The maximum Gasteiger partial charge on any atom is 0.387 e. The van der Waals surface area contributed by atoms with E-state index >= 15 is 0 Å². The third kappa shape index (κ3) is 3.52. The van der Waals surface area contributed by atoms with E-state index in [0.29, 0.717) is 0 Å². The van der Waals surface area contributed by atoms with Crippen LogP contribution in [0, 0.1) is 0 Å². The van der Waals surface area contributed by atoms with Gasteiger partial charge < -0.3 is 10.1 Å². The number of halogens is 3.